The van der Waals surface area contributed by atoms with Crippen molar-refractivity contribution in [2.24, 2.45) is 0 Å². The van der Waals surface area contributed by atoms with Gasteiger partial charge in [0, 0.05) is 22.6 Å². The first-order valence-electron chi connectivity index (χ1n) is 7.55. The van der Waals surface area contributed by atoms with Crippen molar-refractivity contribution >= 4 is 29.3 Å². The van der Waals surface area contributed by atoms with Crippen LogP contribution in [0.1, 0.15) is 22.8 Å². The van der Waals surface area contributed by atoms with E-state index in [2.05, 4.69) is 10.9 Å². The van der Waals surface area contributed by atoms with Gasteiger partial charge in [0.2, 0.25) is 5.91 Å². The van der Waals surface area contributed by atoms with Crippen molar-refractivity contribution in [3.63, 3.8) is 0 Å². The quantitative estimate of drug-likeness (QED) is 0.469. The number of rotatable bonds is 6. The van der Waals surface area contributed by atoms with E-state index in [-0.39, 0.29) is 17.3 Å². The maximum absolute atomic E-state index is 11.9. The van der Waals surface area contributed by atoms with E-state index in [4.69, 9.17) is 0 Å². The van der Waals surface area contributed by atoms with E-state index in [0.29, 0.717) is 5.56 Å². The van der Waals surface area contributed by atoms with Gasteiger partial charge < -0.3 is 0 Å². The van der Waals surface area contributed by atoms with Gasteiger partial charge in [0.1, 0.15) is 0 Å². The molecule has 0 unspecified atom stereocenters. The molecule has 2 amide bonds. The number of amides is 2. The van der Waals surface area contributed by atoms with E-state index in [1.807, 2.05) is 19.1 Å². The molecule has 0 aromatic heterocycles. The second kappa shape index (κ2) is 8.84. The SMILES string of the molecule is CCc1ccc(C(=O)NNC(=O)CSc2ccc([N+](=O)[O-])cc2)cc1. The molecule has 0 aliphatic heterocycles. The molecule has 2 aromatic rings. The molecule has 0 saturated carbocycles. The van der Waals surface area contributed by atoms with Crippen LogP contribution < -0.4 is 10.9 Å². The van der Waals surface area contributed by atoms with Crippen molar-refractivity contribution in [1.29, 1.82) is 0 Å². The minimum atomic E-state index is -0.482. The molecule has 2 rings (SSSR count). The molecular weight excluding hydrogens is 342 g/mol. The largest absolute Gasteiger partial charge is 0.272 e. The van der Waals surface area contributed by atoms with Gasteiger partial charge in [-0.05, 0) is 36.2 Å². The lowest BCUT2D eigenvalue weighted by molar-refractivity contribution is -0.384. The first-order valence-corrected chi connectivity index (χ1v) is 8.53. The highest BCUT2D eigenvalue weighted by molar-refractivity contribution is 8.00. The fourth-order valence-electron chi connectivity index (χ4n) is 1.94. The Hall–Kier alpha value is -2.87. The highest BCUT2D eigenvalue weighted by Crippen LogP contribution is 2.20. The second-order valence-electron chi connectivity index (χ2n) is 5.09. The summed E-state index contributed by atoms with van der Waals surface area (Å²) in [4.78, 5) is 34.5. The number of hydrazine groups is 1. The van der Waals surface area contributed by atoms with Crippen molar-refractivity contribution in [2.75, 3.05) is 5.75 Å². The van der Waals surface area contributed by atoms with Gasteiger partial charge in [-0.1, -0.05) is 19.1 Å². The van der Waals surface area contributed by atoms with Gasteiger partial charge in [0.15, 0.2) is 0 Å². The summed E-state index contributed by atoms with van der Waals surface area (Å²) in [5.41, 5.74) is 6.28. The molecule has 0 aliphatic carbocycles. The van der Waals surface area contributed by atoms with Gasteiger partial charge in [0.05, 0.1) is 10.7 Å². The summed E-state index contributed by atoms with van der Waals surface area (Å²) in [5, 5.41) is 10.6. The summed E-state index contributed by atoms with van der Waals surface area (Å²) in [6.45, 7) is 2.03. The maximum Gasteiger partial charge on any atom is 0.269 e. The first-order chi connectivity index (χ1) is 12.0. The Morgan fingerprint density at radius 1 is 1.04 bits per heavy atom. The number of nitro benzene ring substituents is 1. The van der Waals surface area contributed by atoms with E-state index in [9.17, 15) is 19.7 Å². The second-order valence-corrected chi connectivity index (χ2v) is 6.14. The molecule has 2 N–H and O–H groups in total. The van der Waals surface area contributed by atoms with Crippen LogP contribution in [-0.4, -0.2) is 22.5 Å². The third kappa shape index (κ3) is 5.61. The predicted octanol–water partition coefficient (Wildman–Crippen LogP) is 2.71. The van der Waals surface area contributed by atoms with Crippen LogP contribution in [0.15, 0.2) is 53.4 Å². The molecular formula is C17H17N3O4S. The molecule has 0 fully saturated rings. The van der Waals surface area contributed by atoms with Crippen LogP contribution in [0.4, 0.5) is 5.69 Å². The molecule has 0 bridgehead atoms. The number of non-ortho nitro benzene ring substituents is 1. The zero-order valence-corrected chi connectivity index (χ0v) is 14.3. The summed E-state index contributed by atoms with van der Waals surface area (Å²) in [6, 6.07) is 13.0. The lowest BCUT2D eigenvalue weighted by Gasteiger charge is -2.08. The lowest BCUT2D eigenvalue weighted by Crippen LogP contribution is -2.42. The Bertz CT molecular complexity index is 760. The molecule has 0 radical (unpaired) electrons. The van der Waals surface area contributed by atoms with Crippen molar-refractivity contribution in [3.05, 3.63) is 69.8 Å². The number of thioether (sulfide) groups is 1. The standard InChI is InChI=1S/C17H17N3O4S/c1-2-12-3-5-13(6-4-12)17(22)19-18-16(21)11-25-15-9-7-14(8-10-15)20(23)24/h3-10H,2,11H2,1H3,(H,18,21)(H,19,22). The van der Waals surface area contributed by atoms with Gasteiger partial charge in [-0.25, -0.2) is 0 Å². The summed E-state index contributed by atoms with van der Waals surface area (Å²) < 4.78 is 0. The van der Waals surface area contributed by atoms with Gasteiger partial charge in [-0.2, -0.15) is 0 Å². The van der Waals surface area contributed by atoms with Crippen LogP contribution in [0.25, 0.3) is 0 Å². The fourth-order valence-corrected chi connectivity index (χ4v) is 2.64. The van der Waals surface area contributed by atoms with Gasteiger partial charge >= 0.3 is 0 Å². The van der Waals surface area contributed by atoms with Crippen LogP contribution in [0.2, 0.25) is 0 Å². The van der Waals surface area contributed by atoms with Crippen LogP contribution in [0.5, 0.6) is 0 Å². The maximum atomic E-state index is 11.9. The average molecular weight is 359 g/mol. The Labute approximate surface area is 148 Å². The molecule has 0 spiro atoms. The zero-order chi connectivity index (χ0) is 18.2. The van der Waals surface area contributed by atoms with E-state index >= 15 is 0 Å². The number of hydrogen-bond donors (Lipinski definition) is 2. The van der Waals surface area contributed by atoms with Gasteiger partial charge in [-0.15, -0.1) is 11.8 Å². The van der Waals surface area contributed by atoms with Crippen LogP contribution in [0, 0.1) is 10.1 Å². The number of nitrogens with zero attached hydrogens (tertiary/aromatic N) is 1. The highest BCUT2D eigenvalue weighted by atomic mass is 32.2. The Kier molecular flexibility index (Phi) is 6.53. The number of carbonyl (C=O) groups excluding carboxylic acids is 2. The van der Waals surface area contributed by atoms with Crippen molar-refractivity contribution < 1.29 is 14.5 Å². The van der Waals surface area contributed by atoms with Gasteiger partial charge in [-0.3, -0.25) is 30.6 Å². The predicted molar refractivity (Wildman–Crippen MR) is 95.2 cm³/mol. The summed E-state index contributed by atoms with van der Waals surface area (Å²) >= 11 is 1.22. The number of benzene rings is 2. The minimum absolute atomic E-state index is 0.00448. The highest BCUT2D eigenvalue weighted by Gasteiger charge is 2.09. The first kappa shape index (κ1) is 18.5. The molecule has 0 saturated heterocycles. The average Bonchev–Trinajstić information content (AvgIpc) is 2.64. The van der Waals surface area contributed by atoms with E-state index in [1.54, 1.807) is 24.3 Å². The van der Waals surface area contributed by atoms with Crippen LogP contribution in [0.3, 0.4) is 0 Å². The fraction of sp³-hybridized carbons (Fsp3) is 0.176. The number of hydrogen-bond acceptors (Lipinski definition) is 5. The Balaban J connectivity index is 1.77. The number of aryl methyl sites for hydroxylation is 1. The van der Waals surface area contributed by atoms with E-state index < -0.39 is 10.8 Å². The van der Waals surface area contributed by atoms with Crippen LogP contribution >= 0.6 is 11.8 Å². The number of nitrogens with one attached hydrogen (secondary N) is 2. The number of carbonyl (C=O) groups is 2. The minimum Gasteiger partial charge on any atom is -0.272 e. The monoisotopic (exact) mass is 359 g/mol. The molecule has 0 aliphatic rings. The molecule has 7 nitrogen and oxygen atoms in total. The normalized spacial score (nSPS) is 10.1. The molecule has 25 heavy (non-hydrogen) atoms. The van der Waals surface area contributed by atoms with Crippen molar-refractivity contribution in [1.82, 2.24) is 10.9 Å². The third-order valence-electron chi connectivity index (χ3n) is 3.36. The molecule has 130 valence electrons. The molecule has 8 heteroatoms. The van der Waals surface area contributed by atoms with Gasteiger partial charge in [0.25, 0.3) is 11.6 Å². The molecule has 2 aromatic carbocycles. The topological polar surface area (TPSA) is 101 Å². The number of nitro groups is 1. The smallest absolute Gasteiger partial charge is 0.269 e. The third-order valence-corrected chi connectivity index (χ3v) is 4.37. The van der Waals surface area contributed by atoms with Crippen LogP contribution in [-0.2, 0) is 11.2 Å². The Morgan fingerprint density at radius 3 is 2.24 bits per heavy atom. The van der Waals surface area contributed by atoms with Crippen molar-refractivity contribution in [2.45, 2.75) is 18.2 Å². The summed E-state index contributed by atoms with van der Waals surface area (Å²) in [5.74, 6) is -0.689. The molecule has 0 atom stereocenters. The van der Waals surface area contributed by atoms with Crippen molar-refractivity contribution in [3.8, 4) is 0 Å². The summed E-state index contributed by atoms with van der Waals surface area (Å²) in [7, 11) is 0. The van der Waals surface area contributed by atoms with E-state index in [0.717, 1.165) is 16.9 Å². The molecule has 0 heterocycles. The summed E-state index contributed by atoms with van der Waals surface area (Å²) in [6.07, 6.45) is 0.887. The Morgan fingerprint density at radius 2 is 1.68 bits per heavy atom. The lowest BCUT2D eigenvalue weighted by atomic mass is 10.1. The van der Waals surface area contributed by atoms with E-state index in [1.165, 1.54) is 23.9 Å². The zero-order valence-electron chi connectivity index (χ0n) is 13.5.